The van der Waals surface area contributed by atoms with Crippen molar-refractivity contribution in [1.82, 2.24) is 4.98 Å². The van der Waals surface area contributed by atoms with E-state index < -0.39 is 0 Å². The maximum Gasteiger partial charge on any atom is 0.0708 e. The number of aromatic nitrogens is 1. The van der Waals surface area contributed by atoms with Crippen LogP contribution in [0.2, 0.25) is 0 Å². The molecule has 0 N–H and O–H groups in total. The van der Waals surface area contributed by atoms with Crippen LogP contribution in [0.15, 0.2) is 140 Å². The molecular formula is C47H37N3. The molecular weight excluding hydrogens is 607 g/mol. The van der Waals surface area contributed by atoms with Crippen molar-refractivity contribution in [2.75, 3.05) is 23.9 Å². The van der Waals surface area contributed by atoms with Crippen molar-refractivity contribution >= 4 is 55.2 Å². The highest BCUT2D eigenvalue weighted by Crippen LogP contribution is 2.48. The third kappa shape index (κ3) is 4.39. The summed E-state index contributed by atoms with van der Waals surface area (Å²) in [5.41, 5.74) is 16.7. The van der Waals surface area contributed by atoms with E-state index in [1.54, 1.807) is 0 Å². The van der Waals surface area contributed by atoms with E-state index in [0.29, 0.717) is 0 Å². The number of hydrogen-bond donors (Lipinski definition) is 0. The zero-order valence-electron chi connectivity index (χ0n) is 28.4. The van der Waals surface area contributed by atoms with Gasteiger partial charge >= 0.3 is 0 Å². The van der Waals surface area contributed by atoms with E-state index in [2.05, 4.69) is 164 Å². The van der Waals surface area contributed by atoms with Crippen LogP contribution in [0.4, 0.5) is 22.7 Å². The smallest absolute Gasteiger partial charge is 0.0708 e. The summed E-state index contributed by atoms with van der Waals surface area (Å²) < 4.78 is 0. The van der Waals surface area contributed by atoms with Crippen molar-refractivity contribution < 1.29 is 0 Å². The summed E-state index contributed by atoms with van der Waals surface area (Å²) in [5.74, 6) is 0. The molecule has 0 fully saturated rings. The minimum Gasteiger partial charge on any atom is -0.344 e. The van der Waals surface area contributed by atoms with Gasteiger partial charge in [0.1, 0.15) is 0 Å². The van der Waals surface area contributed by atoms with Gasteiger partial charge in [0.05, 0.1) is 5.52 Å². The fraction of sp³-hybridized carbons (Fsp3) is 0.128. The number of aryl methyl sites for hydroxylation is 4. The first kappa shape index (κ1) is 29.0. The highest BCUT2D eigenvalue weighted by Gasteiger charge is 2.24. The maximum atomic E-state index is 5.09. The average molecular weight is 644 g/mol. The van der Waals surface area contributed by atoms with Gasteiger partial charge in [0.2, 0.25) is 0 Å². The zero-order chi connectivity index (χ0) is 33.3. The molecule has 3 heteroatoms. The molecule has 0 atom stereocenters. The predicted molar refractivity (Wildman–Crippen MR) is 211 cm³/mol. The van der Waals surface area contributed by atoms with Gasteiger partial charge < -0.3 is 9.80 Å². The molecule has 0 bridgehead atoms. The summed E-state index contributed by atoms with van der Waals surface area (Å²) in [6.07, 6.45) is 6.28. The van der Waals surface area contributed by atoms with Gasteiger partial charge in [0, 0.05) is 59.2 Å². The molecule has 7 aromatic carbocycles. The number of fused-ring (bicyclic) bond motifs is 8. The van der Waals surface area contributed by atoms with Gasteiger partial charge in [-0.3, -0.25) is 4.98 Å². The van der Waals surface area contributed by atoms with Crippen molar-refractivity contribution in [1.29, 1.82) is 0 Å². The first-order valence-electron chi connectivity index (χ1n) is 17.8. The van der Waals surface area contributed by atoms with E-state index >= 15 is 0 Å². The van der Waals surface area contributed by atoms with E-state index in [4.69, 9.17) is 4.98 Å². The van der Waals surface area contributed by atoms with Crippen molar-refractivity contribution in [3.63, 3.8) is 0 Å². The number of anilines is 4. The quantitative estimate of drug-likeness (QED) is 0.138. The first-order valence-corrected chi connectivity index (χ1v) is 17.8. The molecule has 10 rings (SSSR count). The summed E-state index contributed by atoms with van der Waals surface area (Å²) in [4.78, 5) is 9.86. The van der Waals surface area contributed by atoms with E-state index in [-0.39, 0.29) is 0 Å². The summed E-state index contributed by atoms with van der Waals surface area (Å²) in [6.45, 7) is 0. The molecule has 0 radical (unpaired) electrons. The normalized spacial score (nSPS) is 13.8. The van der Waals surface area contributed by atoms with Crippen LogP contribution in [-0.2, 0) is 25.7 Å². The highest BCUT2D eigenvalue weighted by molar-refractivity contribution is 6.27. The van der Waals surface area contributed by atoms with E-state index in [9.17, 15) is 0 Å². The molecule has 0 aliphatic carbocycles. The lowest BCUT2D eigenvalue weighted by Crippen LogP contribution is -2.11. The Hall–Kier alpha value is -5.93. The SMILES string of the molecule is CN1c2ccccc2CCc2ccc(-c3c4ccccc4c(-c4ccc5c(c4)N(C)c4ccccc4CC5)c4c3cnc3ccccc34)cc21. The fourth-order valence-corrected chi connectivity index (χ4v) is 8.79. The topological polar surface area (TPSA) is 19.4 Å². The van der Waals surface area contributed by atoms with E-state index in [1.807, 2.05) is 0 Å². The van der Waals surface area contributed by atoms with Gasteiger partial charge in [0.15, 0.2) is 0 Å². The third-order valence-corrected chi connectivity index (χ3v) is 11.3. The van der Waals surface area contributed by atoms with E-state index in [1.165, 1.54) is 94.2 Å². The summed E-state index contributed by atoms with van der Waals surface area (Å²) in [5, 5.41) is 6.13. The number of para-hydroxylation sites is 3. The Labute approximate surface area is 293 Å². The molecule has 0 saturated heterocycles. The molecule has 2 aliphatic rings. The molecule has 3 nitrogen and oxygen atoms in total. The number of nitrogens with zero attached hydrogens (tertiary/aromatic N) is 3. The van der Waals surface area contributed by atoms with Crippen LogP contribution in [0.1, 0.15) is 22.3 Å². The molecule has 240 valence electrons. The van der Waals surface area contributed by atoms with Gasteiger partial charge in [-0.25, -0.2) is 0 Å². The van der Waals surface area contributed by atoms with Crippen molar-refractivity contribution in [3.8, 4) is 22.3 Å². The maximum absolute atomic E-state index is 5.09. The summed E-state index contributed by atoms with van der Waals surface area (Å²) in [7, 11) is 4.44. The van der Waals surface area contributed by atoms with Gasteiger partial charge in [-0.1, -0.05) is 103 Å². The Kier molecular flexibility index (Phi) is 6.57. The Balaban J connectivity index is 1.26. The van der Waals surface area contributed by atoms with Gasteiger partial charge in [-0.2, -0.15) is 0 Å². The second-order valence-corrected chi connectivity index (χ2v) is 13.9. The lowest BCUT2D eigenvalue weighted by molar-refractivity contribution is 0.978. The standard InChI is InChI=1S/C47H37N3/c1-49-41-17-9-3-11-30(41)19-21-32-23-25-34(27-43(32)49)45-36-13-5-6-14-37(36)46(47-38-15-7-8-16-40(38)48-29-39(45)47)35-26-24-33-22-20-31-12-4-10-18-42(31)50(2)44(33)28-35/h3-18,23-29H,19-22H2,1-2H3. The number of pyridine rings is 1. The van der Waals surface area contributed by atoms with Crippen molar-refractivity contribution in [2.45, 2.75) is 25.7 Å². The Morgan fingerprint density at radius 1 is 0.420 bits per heavy atom. The second-order valence-electron chi connectivity index (χ2n) is 13.9. The molecule has 0 spiro atoms. The minimum atomic E-state index is 1.02. The molecule has 0 unspecified atom stereocenters. The number of benzene rings is 7. The van der Waals surface area contributed by atoms with Gasteiger partial charge in [0.25, 0.3) is 0 Å². The van der Waals surface area contributed by atoms with Crippen LogP contribution >= 0.6 is 0 Å². The third-order valence-electron chi connectivity index (χ3n) is 11.3. The molecule has 3 heterocycles. The molecule has 50 heavy (non-hydrogen) atoms. The minimum absolute atomic E-state index is 1.02. The average Bonchev–Trinajstić information content (AvgIpc) is 3.40. The zero-order valence-corrected chi connectivity index (χ0v) is 28.4. The van der Waals surface area contributed by atoms with E-state index in [0.717, 1.165) is 31.2 Å². The molecule has 0 amide bonds. The molecule has 0 saturated carbocycles. The summed E-state index contributed by atoms with van der Waals surface area (Å²) >= 11 is 0. The molecule has 1 aromatic heterocycles. The number of rotatable bonds is 2. The lowest BCUT2D eigenvalue weighted by Gasteiger charge is -2.25. The number of hydrogen-bond acceptors (Lipinski definition) is 3. The highest BCUT2D eigenvalue weighted by atomic mass is 15.1. The van der Waals surface area contributed by atoms with Crippen LogP contribution in [0.25, 0.3) is 54.7 Å². The Morgan fingerprint density at radius 3 is 1.48 bits per heavy atom. The van der Waals surface area contributed by atoms with Crippen LogP contribution < -0.4 is 9.80 Å². The van der Waals surface area contributed by atoms with Crippen LogP contribution in [0.3, 0.4) is 0 Å². The van der Waals surface area contributed by atoms with Crippen molar-refractivity contribution in [2.24, 2.45) is 0 Å². The fourth-order valence-electron chi connectivity index (χ4n) is 8.79. The molecule has 8 aromatic rings. The Morgan fingerprint density at radius 2 is 0.880 bits per heavy atom. The molecule has 2 aliphatic heterocycles. The second kappa shape index (κ2) is 11.3. The largest absolute Gasteiger partial charge is 0.344 e. The monoisotopic (exact) mass is 643 g/mol. The van der Waals surface area contributed by atoms with Gasteiger partial charge in [-0.15, -0.1) is 0 Å². The summed E-state index contributed by atoms with van der Waals surface area (Å²) in [6, 6.07) is 49.6. The van der Waals surface area contributed by atoms with Crippen LogP contribution in [-0.4, -0.2) is 19.1 Å². The lowest BCUT2D eigenvalue weighted by atomic mass is 9.84. The predicted octanol–water partition coefficient (Wildman–Crippen LogP) is 11.6. The van der Waals surface area contributed by atoms with Crippen LogP contribution in [0, 0.1) is 0 Å². The van der Waals surface area contributed by atoms with Crippen LogP contribution in [0.5, 0.6) is 0 Å². The van der Waals surface area contributed by atoms with Crippen molar-refractivity contribution in [3.05, 3.63) is 162 Å². The Bertz CT molecular complexity index is 2650. The van der Waals surface area contributed by atoms with Gasteiger partial charge in [-0.05, 0) is 111 Å². The first-order chi connectivity index (χ1) is 24.6.